The molecule has 0 fully saturated rings. The topological polar surface area (TPSA) is 90.6 Å². The predicted molar refractivity (Wildman–Crippen MR) is 86.3 cm³/mol. The van der Waals surface area contributed by atoms with Gasteiger partial charge in [-0.15, -0.1) is 0 Å². The van der Waals surface area contributed by atoms with Crippen molar-refractivity contribution in [3.05, 3.63) is 18.2 Å². The number of carbonyl (C=O) groups excluding carboxylic acids is 1. The number of benzene rings is 1. The van der Waals surface area contributed by atoms with E-state index in [1.54, 1.807) is 30.0 Å². The van der Waals surface area contributed by atoms with Crippen LogP contribution in [0.5, 0.6) is 0 Å². The molecule has 0 aliphatic heterocycles. The van der Waals surface area contributed by atoms with Gasteiger partial charge in [0.05, 0.1) is 12.1 Å². The summed E-state index contributed by atoms with van der Waals surface area (Å²) >= 11 is 0. The summed E-state index contributed by atoms with van der Waals surface area (Å²) in [5.41, 5.74) is 1.28. The SMILES string of the molecule is CCC(C)(CO)NC(=O)Nc1ccc2nc(N(C)C)oc2c1. The molecule has 0 spiro atoms. The zero-order chi connectivity index (χ0) is 16.3. The molecule has 7 heteroatoms. The number of anilines is 2. The molecule has 0 bridgehead atoms. The van der Waals surface area contributed by atoms with Crippen LogP contribution in [0.1, 0.15) is 20.3 Å². The van der Waals surface area contributed by atoms with E-state index in [1.165, 1.54) is 0 Å². The van der Waals surface area contributed by atoms with Gasteiger partial charge < -0.3 is 25.1 Å². The van der Waals surface area contributed by atoms with Crippen LogP contribution < -0.4 is 15.5 Å². The van der Waals surface area contributed by atoms with Crippen LogP contribution in [0.3, 0.4) is 0 Å². The number of rotatable bonds is 5. The fourth-order valence-corrected chi connectivity index (χ4v) is 1.86. The molecule has 1 aromatic carbocycles. The standard InChI is InChI=1S/C15H22N4O3/c1-5-15(2,9-20)18-13(21)16-10-6-7-11-12(8-10)22-14(17-11)19(3)4/h6-8,20H,5,9H2,1-4H3,(H2,16,18,21). The summed E-state index contributed by atoms with van der Waals surface area (Å²) in [5, 5.41) is 14.8. The Morgan fingerprint density at radius 3 is 2.77 bits per heavy atom. The van der Waals surface area contributed by atoms with Gasteiger partial charge in [0, 0.05) is 25.8 Å². The van der Waals surface area contributed by atoms with Gasteiger partial charge in [-0.2, -0.15) is 4.98 Å². The smallest absolute Gasteiger partial charge is 0.319 e. The maximum atomic E-state index is 12.0. The second-order valence-electron chi connectivity index (χ2n) is 5.72. The molecule has 120 valence electrons. The number of nitrogens with one attached hydrogen (secondary N) is 2. The van der Waals surface area contributed by atoms with Crippen molar-refractivity contribution >= 4 is 28.8 Å². The molecule has 7 nitrogen and oxygen atoms in total. The third-order valence-electron chi connectivity index (χ3n) is 3.56. The van der Waals surface area contributed by atoms with Crippen molar-refractivity contribution in [3.63, 3.8) is 0 Å². The molecular formula is C15H22N4O3. The number of aliphatic hydroxyl groups is 1. The van der Waals surface area contributed by atoms with Gasteiger partial charge in [0.25, 0.3) is 6.01 Å². The summed E-state index contributed by atoms with van der Waals surface area (Å²) in [4.78, 5) is 18.1. The van der Waals surface area contributed by atoms with Crippen LogP contribution in [-0.2, 0) is 0 Å². The zero-order valence-electron chi connectivity index (χ0n) is 13.3. The lowest BCUT2D eigenvalue weighted by atomic mass is 10.0. The number of aromatic nitrogens is 1. The Bertz CT molecular complexity index is 662. The lowest BCUT2D eigenvalue weighted by Crippen LogP contribution is -2.50. The van der Waals surface area contributed by atoms with E-state index in [2.05, 4.69) is 15.6 Å². The zero-order valence-corrected chi connectivity index (χ0v) is 13.3. The first kappa shape index (κ1) is 16.1. The molecule has 1 unspecified atom stereocenters. The summed E-state index contributed by atoms with van der Waals surface area (Å²) in [5.74, 6) is 0. The van der Waals surface area contributed by atoms with Crippen molar-refractivity contribution in [2.45, 2.75) is 25.8 Å². The molecule has 3 N–H and O–H groups in total. The maximum absolute atomic E-state index is 12.0. The molecule has 0 radical (unpaired) electrons. The first-order chi connectivity index (χ1) is 10.4. The molecule has 0 aliphatic rings. The monoisotopic (exact) mass is 306 g/mol. The number of nitrogens with zero attached hydrogens (tertiary/aromatic N) is 2. The number of urea groups is 1. The van der Waals surface area contributed by atoms with Crippen LogP contribution >= 0.6 is 0 Å². The molecule has 1 atom stereocenters. The largest absolute Gasteiger partial charge is 0.423 e. The lowest BCUT2D eigenvalue weighted by Gasteiger charge is -2.27. The summed E-state index contributed by atoms with van der Waals surface area (Å²) in [6.07, 6.45) is 0.629. The van der Waals surface area contributed by atoms with Crippen molar-refractivity contribution in [3.8, 4) is 0 Å². The van der Waals surface area contributed by atoms with Crippen LogP contribution in [-0.4, -0.2) is 42.4 Å². The Morgan fingerprint density at radius 1 is 1.45 bits per heavy atom. The van der Waals surface area contributed by atoms with E-state index in [0.29, 0.717) is 23.7 Å². The Labute approximate surface area is 129 Å². The van der Waals surface area contributed by atoms with Crippen LogP contribution in [0.25, 0.3) is 11.1 Å². The number of oxazole rings is 1. The van der Waals surface area contributed by atoms with Crippen LogP contribution in [0, 0.1) is 0 Å². The normalized spacial score (nSPS) is 13.7. The molecular weight excluding hydrogens is 284 g/mol. The summed E-state index contributed by atoms with van der Waals surface area (Å²) in [7, 11) is 3.69. The lowest BCUT2D eigenvalue weighted by molar-refractivity contribution is 0.172. The fourth-order valence-electron chi connectivity index (χ4n) is 1.86. The van der Waals surface area contributed by atoms with Gasteiger partial charge in [0.15, 0.2) is 5.58 Å². The third kappa shape index (κ3) is 3.48. The quantitative estimate of drug-likeness (QED) is 0.787. The van der Waals surface area contributed by atoms with Crippen molar-refractivity contribution in [1.82, 2.24) is 10.3 Å². The molecule has 22 heavy (non-hydrogen) atoms. The molecule has 0 saturated heterocycles. The highest BCUT2D eigenvalue weighted by atomic mass is 16.4. The number of amides is 2. The van der Waals surface area contributed by atoms with Gasteiger partial charge in [-0.1, -0.05) is 6.92 Å². The number of hydrogen-bond acceptors (Lipinski definition) is 5. The molecule has 0 saturated carbocycles. The first-order valence-corrected chi connectivity index (χ1v) is 7.15. The van der Waals surface area contributed by atoms with E-state index >= 15 is 0 Å². The minimum Gasteiger partial charge on any atom is -0.423 e. The van der Waals surface area contributed by atoms with E-state index < -0.39 is 5.54 Å². The Hall–Kier alpha value is -2.28. The van der Waals surface area contributed by atoms with Gasteiger partial charge >= 0.3 is 6.03 Å². The van der Waals surface area contributed by atoms with Gasteiger partial charge in [-0.05, 0) is 25.5 Å². The van der Waals surface area contributed by atoms with Crippen LogP contribution in [0.4, 0.5) is 16.5 Å². The average Bonchev–Trinajstić information content (AvgIpc) is 2.90. The van der Waals surface area contributed by atoms with E-state index in [-0.39, 0.29) is 12.6 Å². The second kappa shape index (κ2) is 6.23. The molecule has 1 aromatic heterocycles. The van der Waals surface area contributed by atoms with Crippen molar-refractivity contribution in [1.29, 1.82) is 0 Å². The fraction of sp³-hybridized carbons (Fsp3) is 0.467. The summed E-state index contributed by atoms with van der Waals surface area (Å²) in [6.45, 7) is 3.57. The first-order valence-electron chi connectivity index (χ1n) is 7.15. The maximum Gasteiger partial charge on any atom is 0.319 e. The summed E-state index contributed by atoms with van der Waals surface area (Å²) < 4.78 is 5.60. The number of hydrogen-bond donors (Lipinski definition) is 3. The number of aliphatic hydroxyl groups excluding tert-OH is 1. The minimum absolute atomic E-state index is 0.121. The molecule has 1 heterocycles. The van der Waals surface area contributed by atoms with E-state index in [9.17, 15) is 9.90 Å². The van der Waals surface area contributed by atoms with Crippen molar-refractivity contribution in [2.24, 2.45) is 0 Å². The van der Waals surface area contributed by atoms with E-state index in [1.807, 2.05) is 21.0 Å². The Kier molecular flexibility index (Phi) is 4.56. The third-order valence-corrected chi connectivity index (χ3v) is 3.56. The molecule has 2 rings (SSSR count). The van der Waals surface area contributed by atoms with Crippen LogP contribution in [0.2, 0.25) is 0 Å². The highest BCUT2D eigenvalue weighted by molar-refractivity contribution is 5.92. The Morgan fingerprint density at radius 2 is 2.18 bits per heavy atom. The predicted octanol–water partition coefficient (Wildman–Crippen LogP) is 2.18. The van der Waals surface area contributed by atoms with Gasteiger partial charge in [-0.25, -0.2) is 4.79 Å². The van der Waals surface area contributed by atoms with Gasteiger partial charge in [0.2, 0.25) is 0 Å². The highest BCUT2D eigenvalue weighted by Crippen LogP contribution is 2.23. The van der Waals surface area contributed by atoms with Crippen molar-refractivity contribution < 1.29 is 14.3 Å². The van der Waals surface area contributed by atoms with Gasteiger partial charge in [0.1, 0.15) is 5.52 Å². The van der Waals surface area contributed by atoms with E-state index in [4.69, 9.17) is 4.42 Å². The Balaban J connectivity index is 2.13. The highest BCUT2D eigenvalue weighted by Gasteiger charge is 2.23. The second-order valence-corrected chi connectivity index (χ2v) is 5.72. The van der Waals surface area contributed by atoms with E-state index in [0.717, 1.165) is 5.52 Å². The number of carbonyl (C=O) groups is 1. The van der Waals surface area contributed by atoms with Crippen molar-refractivity contribution in [2.75, 3.05) is 30.9 Å². The molecule has 2 amide bonds. The number of fused-ring (bicyclic) bond motifs is 1. The van der Waals surface area contributed by atoms with Gasteiger partial charge in [-0.3, -0.25) is 0 Å². The molecule has 0 aliphatic carbocycles. The van der Waals surface area contributed by atoms with Crippen LogP contribution in [0.15, 0.2) is 22.6 Å². The summed E-state index contributed by atoms with van der Waals surface area (Å²) in [6, 6.07) is 5.40. The minimum atomic E-state index is -0.640. The average molecular weight is 306 g/mol. The molecule has 2 aromatic rings.